The van der Waals surface area contributed by atoms with Crippen LogP contribution in [0.3, 0.4) is 0 Å². The summed E-state index contributed by atoms with van der Waals surface area (Å²) in [5.74, 6) is 0.949. The monoisotopic (exact) mass is 197 g/mol. The molecule has 0 aliphatic heterocycles. The molecule has 3 fully saturated rings. The predicted molar refractivity (Wildman–Crippen MR) is 53.5 cm³/mol. The molecule has 3 nitrogen and oxygen atoms in total. The van der Waals surface area contributed by atoms with Crippen molar-refractivity contribution in [2.75, 3.05) is 0 Å². The van der Waals surface area contributed by atoms with Crippen LogP contribution >= 0.6 is 0 Å². The van der Waals surface area contributed by atoms with E-state index in [4.69, 9.17) is 9.68 Å². The summed E-state index contributed by atoms with van der Waals surface area (Å²) in [5.41, 5.74) is -0.371. The molecule has 0 unspecified atom stereocenters. The van der Waals surface area contributed by atoms with Crippen molar-refractivity contribution in [3.63, 3.8) is 0 Å². The Hall–Kier alpha value is -0.0551. The van der Waals surface area contributed by atoms with Crippen LogP contribution in [0.25, 0.3) is 0 Å². The Kier molecular flexibility index (Phi) is 2.22. The molecule has 0 aromatic carbocycles. The van der Waals surface area contributed by atoms with Crippen LogP contribution in [0.4, 0.5) is 0 Å². The predicted octanol–water partition coefficient (Wildman–Crippen LogP) is 0.715. The van der Waals surface area contributed by atoms with E-state index >= 15 is 0 Å². The summed E-state index contributed by atoms with van der Waals surface area (Å²) in [6, 6.07) is 0. The molecule has 3 aliphatic rings. The second-order valence-electron chi connectivity index (χ2n) is 5.47. The third kappa shape index (κ3) is 1.11. The van der Waals surface area contributed by atoms with E-state index in [1.807, 2.05) is 6.92 Å². The van der Waals surface area contributed by atoms with Gasteiger partial charge in [-0.2, -0.15) is 0 Å². The van der Waals surface area contributed by atoms with Crippen molar-refractivity contribution in [2.45, 2.75) is 45.3 Å². The smallest absolute Gasteiger partial charge is 0.429 e. The molecule has 3 saturated carbocycles. The Bertz CT molecular complexity index is 244. The van der Waals surface area contributed by atoms with E-state index in [1.54, 1.807) is 0 Å². The van der Waals surface area contributed by atoms with Crippen LogP contribution in [0, 0.1) is 17.3 Å². The van der Waals surface area contributed by atoms with E-state index in [0.29, 0.717) is 11.8 Å². The fourth-order valence-electron chi connectivity index (χ4n) is 3.40. The third-order valence-electron chi connectivity index (χ3n) is 4.64. The van der Waals surface area contributed by atoms with Gasteiger partial charge in [-0.1, -0.05) is 13.8 Å². The summed E-state index contributed by atoms with van der Waals surface area (Å²) < 4.78 is 5.25. The van der Waals surface area contributed by atoms with Gasteiger partial charge in [0, 0.05) is 0 Å². The average Bonchev–Trinajstić information content (AvgIpc) is 2.09. The highest BCUT2D eigenvalue weighted by Crippen LogP contribution is 2.63. The third-order valence-corrected chi connectivity index (χ3v) is 4.64. The van der Waals surface area contributed by atoms with Crippen LogP contribution in [0.15, 0.2) is 0 Å². The fourth-order valence-corrected chi connectivity index (χ4v) is 3.40. The van der Waals surface area contributed by atoms with Gasteiger partial charge in [-0.3, -0.25) is 0 Å². The van der Waals surface area contributed by atoms with Gasteiger partial charge in [0.15, 0.2) is 0 Å². The lowest BCUT2D eigenvalue weighted by Gasteiger charge is -2.65. The zero-order valence-electron chi connectivity index (χ0n) is 9.03. The van der Waals surface area contributed by atoms with E-state index in [1.165, 1.54) is 0 Å². The highest BCUT2D eigenvalue weighted by atomic mass is 16.5. The van der Waals surface area contributed by atoms with Crippen molar-refractivity contribution in [3.8, 4) is 0 Å². The lowest BCUT2D eigenvalue weighted by Crippen LogP contribution is -2.67. The maximum atomic E-state index is 9.94. The van der Waals surface area contributed by atoms with Gasteiger partial charge in [0.25, 0.3) is 0 Å². The van der Waals surface area contributed by atoms with Crippen molar-refractivity contribution in [3.05, 3.63) is 0 Å². The maximum absolute atomic E-state index is 9.94. The number of rotatable bonds is 2. The molecule has 2 bridgehead atoms. The number of aliphatic hydroxyl groups is 1. The molecule has 0 saturated heterocycles. The number of hydrogen-bond donors (Lipinski definition) is 2. The van der Waals surface area contributed by atoms with E-state index in [0.717, 1.165) is 20.5 Å². The van der Waals surface area contributed by atoms with Crippen molar-refractivity contribution in [2.24, 2.45) is 17.3 Å². The summed E-state index contributed by atoms with van der Waals surface area (Å²) in [4.78, 5) is 0. The number of fused-ring (bicyclic) bond motifs is 2. The molecule has 14 heavy (non-hydrogen) atoms. The minimum Gasteiger partial charge on any atom is -0.429 e. The van der Waals surface area contributed by atoms with Crippen molar-refractivity contribution >= 4 is 7.69 Å². The van der Waals surface area contributed by atoms with Gasteiger partial charge in [0.1, 0.15) is 0 Å². The first kappa shape index (κ1) is 10.5. The Labute approximate surface area is 85.8 Å². The molecule has 3 rings (SSSR count). The van der Waals surface area contributed by atoms with Crippen LogP contribution in [0.5, 0.6) is 0 Å². The van der Waals surface area contributed by atoms with Crippen molar-refractivity contribution < 1.29 is 14.8 Å². The molecular formula is C10H18BO3. The largest absolute Gasteiger partial charge is 0.485 e. The molecule has 1 radical (unpaired) electrons. The Morgan fingerprint density at radius 1 is 1.29 bits per heavy atom. The molecular weight excluding hydrogens is 179 g/mol. The lowest BCUT2D eigenvalue weighted by atomic mass is 9.43. The molecule has 2 N–H and O–H groups in total. The first-order valence-electron chi connectivity index (χ1n) is 5.24. The first-order valence-corrected chi connectivity index (χ1v) is 5.24. The number of aliphatic hydroxyl groups excluding tert-OH is 1. The molecule has 0 spiro atoms. The Morgan fingerprint density at radius 2 is 1.93 bits per heavy atom. The summed E-state index contributed by atoms with van der Waals surface area (Å²) in [5, 5.41) is 18.7. The van der Waals surface area contributed by atoms with E-state index in [9.17, 15) is 5.11 Å². The SMILES string of the molecule is CC1(C)[C@@H]2C[C@@H](O)[C@@](C)(O[B]O)[C@H]1C2. The normalized spacial score (nSPS) is 49.6. The fraction of sp³-hybridized carbons (Fsp3) is 1.00. The summed E-state index contributed by atoms with van der Waals surface area (Å²) >= 11 is 0. The van der Waals surface area contributed by atoms with Gasteiger partial charge < -0.3 is 14.8 Å². The summed E-state index contributed by atoms with van der Waals surface area (Å²) in [6.07, 6.45) is 1.44. The topological polar surface area (TPSA) is 49.7 Å². The van der Waals surface area contributed by atoms with E-state index in [2.05, 4.69) is 13.8 Å². The molecule has 3 aliphatic carbocycles. The van der Waals surface area contributed by atoms with Crippen LogP contribution in [-0.2, 0) is 4.65 Å². The zero-order chi connectivity index (χ0) is 10.6. The minimum absolute atomic E-state index is 0.233. The maximum Gasteiger partial charge on any atom is 0.485 e. The van der Waals surface area contributed by atoms with Gasteiger partial charge in [-0.25, -0.2) is 0 Å². The quantitative estimate of drug-likeness (QED) is 0.641. The van der Waals surface area contributed by atoms with Crippen LogP contribution < -0.4 is 0 Å². The van der Waals surface area contributed by atoms with Gasteiger partial charge in [-0.05, 0) is 37.0 Å². The standard InChI is InChI=1S/C10H18BO3/c1-9(2)6-4-7(9)10(3,14-11-13)8(12)5-6/h6-8,12-13H,4-5H2,1-3H3/t6-,7-,8+,10-/m0/s1. The average molecular weight is 197 g/mol. The van der Waals surface area contributed by atoms with Crippen LogP contribution in [0.2, 0.25) is 0 Å². The van der Waals surface area contributed by atoms with E-state index < -0.39 is 11.7 Å². The van der Waals surface area contributed by atoms with Gasteiger partial charge >= 0.3 is 7.69 Å². The van der Waals surface area contributed by atoms with Gasteiger partial charge in [0.2, 0.25) is 0 Å². The van der Waals surface area contributed by atoms with E-state index in [-0.39, 0.29) is 5.41 Å². The number of hydrogen-bond acceptors (Lipinski definition) is 3. The second kappa shape index (κ2) is 2.97. The van der Waals surface area contributed by atoms with Crippen LogP contribution in [-0.4, -0.2) is 29.5 Å². The molecule has 0 heterocycles. The molecule has 4 heteroatoms. The Balaban J connectivity index is 2.22. The molecule has 4 atom stereocenters. The zero-order valence-corrected chi connectivity index (χ0v) is 9.03. The minimum atomic E-state index is -0.604. The van der Waals surface area contributed by atoms with Gasteiger partial charge in [0.05, 0.1) is 11.7 Å². The highest BCUT2D eigenvalue weighted by Gasteiger charge is 2.63. The summed E-state index contributed by atoms with van der Waals surface area (Å²) in [6.45, 7) is 6.33. The van der Waals surface area contributed by atoms with Crippen molar-refractivity contribution in [1.29, 1.82) is 0 Å². The first-order chi connectivity index (χ1) is 6.43. The molecule has 79 valence electrons. The highest BCUT2D eigenvalue weighted by molar-refractivity contribution is 6.16. The molecule has 0 aromatic heterocycles. The Morgan fingerprint density at radius 3 is 2.43 bits per heavy atom. The molecule has 0 amide bonds. The molecule has 0 aromatic rings. The lowest BCUT2D eigenvalue weighted by molar-refractivity contribution is -0.236. The van der Waals surface area contributed by atoms with Crippen molar-refractivity contribution in [1.82, 2.24) is 0 Å². The summed E-state index contributed by atoms with van der Waals surface area (Å²) in [7, 11) is 0.720. The second-order valence-corrected chi connectivity index (χ2v) is 5.47. The van der Waals surface area contributed by atoms with Gasteiger partial charge in [-0.15, -0.1) is 0 Å². The van der Waals surface area contributed by atoms with Crippen LogP contribution in [0.1, 0.15) is 33.6 Å².